The first-order valence-electron chi connectivity index (χ1n) is 4.85. The second kappa shape index (κ2) is 6.82. The Morgan fingerprint density at radius 3 is 2.50 bits per heavy atom. The minimum Gasteiger partial charge on any atom is -0.389 e. The van der Waals surface area contributed by atoms with Gasteiger partial charge in [-0.15, -0.1) is 0 Å². The Morgan fingerprint density at radius 2 is 2.06 bits per heavy atom. The predicted octanol–water partition coefficient (Wildman–Crippen LogP) is -1.11. The fourth-order valence-electron chi connectivity index (χ4n) is 1.13. The summed E-state index contributed by atoms with van der Waals surface area (Å²) in [7, 11) is -0.156. The lowest BCUT2D eigenvalue weighted by atomic mass is 10.3. The molecule has 7 heteroatoms. The number of hydrogen-bond donors (Lipinski definition) is 1. The second-order valence-corrected chi connectivity index (χ2v) is 6.02. The SMILES string of the molecule is COCC(O)CN(C)C(=O)CCS(C)(=O)=O. The summed E-state index contributed by atoms with van der Waals surface area (Å²) in [5, 5.41) is 9.36. The van der Waals surface area contributed by atoms with Gasteiger partial charge in [-0.3, -0.25) is 4.79 Å². The predicted molar refractivity (Wildman–Crippen MR) is 59.8 cm³/mol. The van der Waals surface area contributed by atoms with E-state index in [0.29, 0.717) is 0 Å². The molecule has 0 heterocycles. The lowest BCUT2D eigenvalue weighted by molar-refractivity contribution is -0.131. The summed E-state index contributed by atoms with van der Waals surface area (Å²) in [5.74, 6) is -0.475. The van der Waals surface area contributed by atoms with Gasteiger partial charge in [-0.25, -0.2) is 8.42 Å². The minimum absolute atomic E-state index is 0.0605. The zero-order valence-corrected chi connectivity index (χ0v) is 10.7. The third kappa shape index (κ3) is 7.61. The molecule has 0 aromatic rings. The number of ether oxygens (including phenoxy) is 1. The van der Waals surface area contributed by atoms with Gasteiger partial charge < -0.3 is 14.7 Å². The first-order valence-corrected chi connectivity index (χ1v) is 6.91. The van der Waals surface area contributed by atoms with Crippen LogP contribution in [0.5, 0.6) is 0 Å². The average Bonchev–Trinajstić information content (AvgIpc) is 2.13. The Bertz CT molecular complexity index is 314. The molecule has 0 aromatic heterocycles. The van der Waals surface area contributed by atoms with Crippen LogP contribution in [0.25, 0.3) is 0 Å². The van der Waals surface area contributed by atoms with E-state index in [4.69, 9.17) is 4.74 Å². The average molecular weight is 253 g/mol. The normalized spacial score (nSPS) is 13.5. The van der Waals surface area contributed by atoms with Crippen molar-refractivity contribution in [2.75, 3.05) is 39.3 Å². The molecule has 1 N–H and O–H groups in total. The maximum absolute atomic E-state index is 11.4. The number of aliphatic hydroxyl groups excluding tert-OH is 1. The van der Waals surface area contributed by atoms with Gasteiger partial charge in [0.05, 0.1) is 18.5 Å². The van der Waals surface area contributed by atoms with E-state index >= 15 is 0 Å². The van der Waals surface area contributed by atoms with Crippen molar-refractivity contribution in [2.24, 2.45) is 0 Å². The van der Waals surface area contributed by atoms with Crippen LogP contribution in [0.3, 0.4) is 0 Å². The highest BCUT2D eigenvalue weighted by atomic mass is 32.2. The van der Waals surface area contributed by atoms with Gasteiger partial charge in [0, 0.05) is 33.4 Å². The fraction of sp³-hybridized carbons (Fsp3) is 0.889. The van der Waals surface area contributed by atoms with Gasteiger partial charge >= 0.3 is 0 Å². The molecular formula is C9H19NO5S. The van der Waals surface area contributed by atoms with Crippen molar-refractivity contribution in [1.82, 2.24) is 4.90 Å². The van der Waals surface area contributed by atoms with E-state index in [1.807, 2.05) is 0 Å². The molecule has 6 nitrogen and oxygen atoms in total. The summed E-state index contributed by atoms with van der Waals surface area (Å²) in [4.78, 5) is 12.7. The Morgan fingerprint density at radius 1 is 1.50 bits per heavy atom. The molecule has 0 rings (SSSR count). The number of amides is 1. The number of likely N-dealkylation sites (N-methyl/N-ethyl adjacent to an activating group) is 1. The number of nitrogens with zero attached hydrogens (tertiary/aromatic N) is 1. The number of aliphatic hydroxyl groups is 1. The molecule has 1 unspecified atom stereocenters. The molecule has 0 bridgehead atoms. The number of rotatable bonds is 7. The topological polar surface area (TPSA) is 83.9 Å². The van der Waals surface area contributed by atoms with Gasteiger partial charge in [0.15, 0.2) is 0 Å². The fourth-order valence-corrected chi connectivity index (χ4v) is 1.67. The highest BCUT2D eigenvalue weighted by molar-refractivity contribution is 7.90. The molecule has 0 aromatic carbocycles. The number of hydrogen-bond acceptors (Lipinski definition) is 5. The third-order valence-corrected chi connectivity index (χ3v) is 2.90. The number of sulfone groups is 1. The van der Waals surface area contributed by atoms with Crippen LogP contribution in [-0.2, 0) is 19.4 Å². The van der Waals surface area contributed by atoms with E-state index < -0.39 is 15.9 Å². The molecule has 0 spiro atoms. The Balaban J connectivity index is 4.00. The molecule has 1 amide bonds. The van der Waals surface area contributed by atoms with E-state index in [1.54, 1.807) is 0 Å². The van der Waals surface area contributed by atoms with Gasteiger partial charge in [-0.05, 0) is 0 Å². The Labute approximate surface area is 96.1 Å². The van der Waals surface area contributed by atoms with Crippen LogP contribution >= 0.6 is 0 Å². The van der Waals surface area contributed by atoms with E-state index in [1.165, 1.54) is 19.1 Å². The molecule has 1 atom stereocenters. The van der Waals surface area contributed by atoms with Crippen LogP contribution in [0.15, 0.2) is 0 Å². The summed E-state index contributed by atoms with van der Waals surface area (Å²) in [6.07, 6.45) is 0.270. The highest BCUT2D eigenvalue weighted by Gasteiger charge is 2.15. The lowest BCUT2D eigenvalue weighted by Gasteiger charge is -2.20. The maximum atomic E-state index is 11.4. The van der Waals surface area contributed by atoms with Gasteiger partial charge in [0.1, 0.15) is 9.84 Å². The van der Waals surface area contributed by atoms with Crippen molar-refractivity contribution in [3.8, 4) is 0 Å². The van der Waals surface area contributed by atoms with Crippen molar-refractivity contribution in [3.05, 3.63) is 0 Å². The van der Waals surface area contributed by atoms with Gasteiger partial charge in [-0.1, -0.05) is 0 Å². The molecule has 0 saturated heterocycles. The van der Waals surface area contributed by atoms with E-state index in [9.17, 15) is 18.3 Å². The molecular weight excluding hydrogens is 234 g/mol. The maximum Gasteiger partial charge on any atom is 0.223 e. The first kappa shape index (κ1) is 15.3. The summed E-state index contributed by atoms with van der Waals surface area (Å²) >= 11 is 0. The number of carbonyl (C=O) groups is 1. The minimum atomic E-state index is -3.13. The zero-order chi connectivity index (χ0) is 12.8. The summed E-state index contributed by atoms with van der Waals surface area (Å²) < 4.78 is 26.4. The molecule has 0 fully saturated rings. The van der Waals surface area contributed by atoms with Crippen molar-refractivity contribution < 1.29 is 23.1 Å². The molecule has 96 valence electrons. The van der Waals surface area contributed by atoms with Gasteiger partial charge in [0.2, 0.25) is 5.91 Å². The summed E-state index contributed by atoms with van der Waals surface area (Å²) in [5.41, 5.74) is 0. The number of carbonyl (C=O) groups excluding carboxylic acids is 1. The van der Waals surface area contributed by atoms with Gasteiger partial charge in [0.25, 0.3) is 0 Å². The molecule has 0 radical (unpaired) electrons. The quantitative estimate of drug-likeness (QED) is 0.622. The van der Waals surface area contributed by atoms with Crippen molar-refractivity contribution in [2.45, 2.75) is 12.5 Å². The van der Waals surface area contributed by atoms with E-state index in [2.05, 4.69) is 0 Å². The largest absolute Gasteiger partial charge is 0.389 e. The molecule has 0 saturated carbocycles. The van der Waals surface area contributed by atoms with Crippen molar-refractivity contribution in [3.63, 3.8) is 0 Å². The van der Waals surface area contributed by atoms with Crippen LogP contribution in [0.2, 0.25) is 0 Å². The molecule has 0 aliphatic carbocycles. The molecule has 16 heavy (non-hydrogen) atoms. The Kier molecular flexibility index (Phi) is 6.54. The van der Waals surface area contributed by atoms with Crippen LogP contribution in [-0.4, -0.2) is 69.8 Å². The molecule has 0 aliphatic rings. The lowest BCUT2D eigenvalue weighted by Crippen LogP contribution is -2.36. The summed E-state index contributed by atoms with van der Waals surface area (Å²) in [6.45, 7) is 0.278. The van der Waals surface area contributed by atoms with E-state index in [-0.39, 0.29) is 31.2 Å². The Hall–Kier alpha value is -0.660. The van der Waals surface area contributed by atoms with Crippen molar-refractivity contribution in [1.29, 1.82) is 0 Å². The van der Waals surface area contributed by atoms with E-state index in [0.717, 1.165) is 6.26 Å². The second-order valence-electron chi connectivity index (χ2n) is 3.76. The van der Waals surface area contributed by atoms with Crippen LogP contribution < -0.4 is 0 Å². The monoisotopic (exact) mass is 253 g/mol. The van der Waals surface area contributed by atoms with Crippen LogP contribution in [0.1, 0.15) is 6.42 Å². The van der Waals surface area contributed by atoms with Gasteiger partial charge in [-0.2, -0.15) is 0 Å². The smallest absolute Gasteiger partial charge is 0.223 e. The first-order chi connectivity index (χ1) is 7.26. The van der Waals surface area contributed by atoms with Crippen LogP contribution in [0.4, 0.5) is 0 Å². The third-order valence-electron chi connectivity index (χ3n) is 1.96. The number of methoxy groups -OCH3 is 1. The standard InChI is InChI=1S/C9H19NO5S/c1-10(6-8(11)7-15-2)9(12)4-5-16(3,13)14/h8,11H,4-7H2,1-3H3. The van der Waals surface area contributed by atoms with Crippen LogP contribution in [0, 0.1) is 0 Å². The van der Waals surface area contributed by atoms with Crippen molar-refractivity contribution >= 4 is 15.7 Å². The summed E-state index contributed by atoms with van der Waals surface area (Å²) in [6, 6.07) is 0. The zero-order valence-electron chi connectivity index (χ0n) is 9.84. The molecule has 0 aliphatic heterocycles. The highest BCUT2D eigenvalue weighted by Crippen LogP contribution is 1.97.